The summed E-state index contributed by atoms with van der Waals surface area (Å²) in [5.41, 5.74) is 0.386. The molecule has 2 heterocycles. The number of carboxylic acid groups (broad SMARTS) is 1. The first kappa shape index (κ1) is 18.2. The van der Waals surface area contributed by atoms with Crippen molar-refractivity contribution in [3.05, 3.63) is 36.2 Å². The first-order valence-electron chi connectivity index (χ1n) is 7.81. The lowest BCUT2D eigenvalue weighted by atomic mass is 9.85. The molecule has 2 aromatic rings. The van der Waals surface area contributed by atoms with Gasteiger partial charge in [0.25, 0.3) is 0 Å². The molecule has 26 heavy (non-hydrogen) atoms. The Morgan fingerprint density at radius 2 is 2.08 bits per heavy atom. The normalized spacial score (nSPS) is 13.8. The van der Waals surface area contributed by atoms with E-state index >= 15 is 0 Å². The van der Waals surface area contributed by atoms with E-state index in [2.05, 4.69) is 9.82 Å². The van der Waals surface area contributed by atoms with E-state index < -0.39 is 28.0 Å². The van der Waals surface area contributed by atoms with Gasteiger partial charge in [0.2, 0.25) is 16.8 Å². The van der Waals surface area contributed by atoms with Crippen molar-refractivity contribution < 1.29 is 27.8 Å². The summed E-state index contributed by atoms with van der Waals surface area (Å²) >= 11 is 0. The van der Waals surface area contributed by atoms with Gasteiger partial charge in [0.05, 0.1) is 6.20 Å². The summed E-state index contributed by atoms with van der Waals surface area (Å²) in [5, 5.41) is 12.5. The molecule has 140 valence electrons. The molecule has 0 atom stereocenters. The number of hydrogen-bond donors (Lipinski definition) is 2. The van der Waals surface area contributed by atoms with Crippen LogP contribution in [0.15, 0.2) is 35.5 Å². The van der Waals surface area contributed by atoms with Gasteiger partial charge in [-0.15, -0.1) is 0 Å². The molecule has 1 aliphatic heterocycles. The number of nitrogens with one attached hydrogen (secondary N) is 1. The highest BCUT2D eigenvalue weighted by Crippen LogP contribution is 2.36. The zero-order valence-electron chi connectivity index (χ0n) is 14.3. The van der Waals surface area contributed by atoms with E-state index in [1.807, 2.05) is 26.0 Å². The van der Waals surface area contributed by atoms with E-state index in [1.165, 1.54) is 6.20 Å². The Morgan fingerprint density at radius 1 is 1.35 bits per heavy atom. The molecular formula is C16H19N3O6S. The molecule has 1 aliphatic rings. The summed E-state index contributed by atoms with van der Waals surface area (Å²) in [7, 11) is -3.81. The number of ether oxygens (including phenoxy) is 2. The second-order valence-electron chi connectivity index (χ2n) is 6.54. The molecule has 1 aromatic heterocycles. The standard InChI is InChI=1S/C16H19N3O6S/c1-16(2,11-3-4-13-14(5-11)25-10-24-13)9-18-26(22,23)12-6-17-19(7-12)8-15(20)21/h3-7,18H,8-10H2,1-2H3,(H,20,21). The van der Waals surface area contributed by atoms with Gasteiger partial charge in [0.1, 0.15) is 11.4 Å². The quantitative estimate of drug-likeness (QED) is 0.733. The second kappa shape index (κ2) is 6.61. The maximum atomic E-state index is 12.4. The summed E-state index contributed by atoms with van der Waals surface area (Å²) < 4.78 is 39.1. The third kappa shape index (κ3) is 3.81. The van der Waals surface area contributed by atoms with Gasteiger partial charge >= 0.3 is 5.97 Å². The second-order valence-corrected chi connectivity index (χ2v) is 8.31. The minimum Gasteiger partial charge on any atom is -0.480 e. The largest absolute Gasteiger partial charge is 0.480 e. The van der Waals surface area contributed by atoms with E-state index in [0.717, 1.165) is 16.4 Å². The minimum atomic E-state index is -3.81. The number of benzene rings is 1. The van der Waals surface area contributed by atoms with Crippen LogP contribution in [0.5, 0.6) is 11.5 Å². The van der Waals surface area contributed by atoms with E-state index in [1.54, 1.807) is 6.07 Å². The lowest BCUT2D eigenvalue weighted by Gasteiger charge is -2.25. The lowest BCUT2D eigenvalue weighted by molar-refractivity contribution is -0.137. The van der Waals surface area contributed by atoms with E-state index in [0.29, 0.717) is 11.5 Å². The Bertz CT molecular complexity index is 935. The van der Waals surface area contributed by atoms with Crippen molar-refractivity contribution in [2.45, 2.75) is 30.7 Å². The van der Waals surface area contributed by atoms with Crippen molar-refractivity contribution >= 4 is 16.0 Å². The number of fused-ring (bicyclic) bond motifs is 1. The first-order valence-corrected chi connectivity index (χ1v) is 9.30. The summed E-state index contributed by atoms with van der Waals surface area (Å²) in [4.78, 5) is 10.6. The van der Waals surface area contributed by atoms with Crippen LogP contribution in [0.25, 0.3) is 0 Å². The molecule has 9 nitrogen and oxygen atoms in total. The van der Waals surface area contributed by atoms with Crippen molar-refractivity contribution in [1.82, 2.24) is 14.5 Å². The monoisotopic (exact) mass is 381 g/mol. The van der Waals surface area contributed by atoms with E-state index in [-0.39, 0.29) is 18.2 Å². The maximum Gasteiger partial charge on any atom is 0.325 e. The molecule has 0 saturated heterocycles. The Morgan fingerprint density at radius 3 is 2.81 bits per heavy atom. The number of nitrogens with zero attached hydrogens (tertiary/aromatic N) is 2. The summed E-state index contributed by atoms with van der Waals surface area (Å²) in [6, 6.07) is 5.50. The van der Waals surface area contributed by atoms with Crippen LogP contribution in [-0.2, 0) is 26.8 Å². The van der Waals surface area contributed by atoms with Crippen molar-refractivity contribution in [2.24, 2.45) is 0 Å². The van der Waals surface area contributed by atoms with Crippen LogP contribution in [0, 0.1) is 0 Å². The summed E-state index contributed by atoms with van der Waals surface area (Å²) in [6.45, 7) is 3.71. The number of carboxylic acids is 1. The smallest absolute Gasteiger partial charge is 0.325 e. The maximum absolute atomic E-state index is 12.4. The highest BCUT2D eigenvalue weighted by atomic mass is 32.2. The molecule has 1 aromatic carbocycles. The van der Waals surface area contributed by atoms with Gasteiger partial charge in [-0.05, 0) is 17.7 Å². The van der Waals surface area contributed by atoms with Crippen LogP contribution in [0.1, 0.15) is 19.4 Å². The third-order valence-electron chi connectivity index (χ3n) is 4.08. The van der Waals surface area contributed by atoms with Gasteiger partial charge < -0.3 is 14.6 Å². The molecule has 0 aliphatic carbocycles. The Balaban J connectivity index is 1.72. The van der Waals surface area contributed by atoms with Gasteiger partial charge in [0, 0.05) is 18.2 Å². The van der Waals surface area contributed by atoms with Crippen molar-refractivity contribution in [2.75, 3.05) is 13.3 Å². The fourth-order valence-corrected chi connectivity index (χ4v) is 3.65. The zero-order valence-corrected chi connectivity index (χ0v) is 15.1. The van der Waals surface area contributed by atoms with Gasteiger partial charge in [-0.2, -0.15) is 5.10 Å². The van der Waals surface area contributed by atoms with Crippen LogP contribution in [0.4, 0.5) is 0 Å². The van der Waals surface area contributed by atoms with Crippen LogP contribution >= 0.6 is 0 Å². The molecule has 0 fully saturated rings. The number of sulfonamides is 1. The Labute approximate surface area is 150 Å². The predicted octanol–water partition coefficient (Wildman–Crippen LogP) is 0.953. The van der Waals surface area contributed by atoms with Crippen LogP contribution in [0.2, 0.25) is 0 Å². The van der Waals surface area contributed by atoms with E-state index in [4.69, 9.17) is 14.6 Å². The van der Waals surface area contributed by atoms with Crippen LogP contribution in [-0.4, -0.2) is 42.6 Å². The van der Waals surface area contributed by atoms with Gasteiger partial charge in [0.15, 0.2) is 11.5 Å². The van der Waals surface area contributed by atoms with Crippen molar-refractivity contribution in [3.8, 4) is 11.5 Å². The topological polar surface area (TPSA) is 120 Å². The SMILES string of the molecule is CC(C)(CNS(=O)(=O)c1cnn(CC(=O)O)c1)c1ccc2c(c1)OCO2. The molecule has 2 N–H and O–H groups in total. The third-order valence-corrected chi connectivity index (χ3v) is 5.43. The summed E-state index contributed by atoms with van der Waals surface area (Å²) in [6.07, 6.45) is 2.31. The molecule has 0 unspecified atom stereocenters. The predicted molar refractivity (Wildman–Crippen MR) is 90.6 cm³/mol. The van der Waals surface area contributed by atoms with Gasteiger partial charge in [-0.3, -0.25) is 9.48 Å². The van der Waals surface area contributed by atoms with E-state index in [9.17, 15) is 13.2 Å². The zero-order chi connectivity index (χ0) is 18.9. The van der Waals surface area contributed by atoms with Crippen LogP contribution in [0.3, 0.4) is 0 Å². The molecule has 0 radical (unpaired) electrons. The lowest BCUT2D eigenvalue weighted by Crippen LogP contribution is -2.36. The molecule has 3 rings (SSSR count). The van der Waals surface area contributed by atoms with Gasteiger partial charge in [-0.1, -0.05) is 19.9 Å². The molecule has 0 spiro atoms. The fourth-order valence-electron chi connectivity index (χ4n) is 2.49. The molecular weight excluding hydrogens is 362 g/mol. The molecule has 10 heteroatoms. The highest BCUT2D eigenvalue weighted by molar-refractivity contribution is 7.89. The number of carbonyl (C=O) groups is 1. The highest BCUT2D eigenvalue weighted by Gasteiger charge is 2.27. The average Bonchev–Trinajstić information content (AvgIpc) is 3.21. The van der Waals surface area contributed by atoms with Crippen LogP contribution < -0.4 is 14.2 Å². The fraction of sp³-hybridized carbons (Fsp3) is 0.375. The Kier molecular flexibility index (Phi) is 4.63. The molecule has 0 bridgehead atoms. The number of hydrogen-bond acceptors (Lipinski definition) is 6. The molecule has 0 saturated carbocycles. The first-order chi connectivity index (χ1) is 12.2. The number of rotatable bonds is 7. The Hall–Kier alpha value is -2.59. The summed E-state index contributed by atoms with van der Waals surface area (Å²) in [5.74, 6) is 0.193. The van der Waals surface area contributed by atoms with Gasteiger partial charge in [-0.25, -0.2) is 13.1 Å². The number of aliphatic carboxylic acids is 1. The minimum absolute atomic E-state index is 0.0831. The number of aromatic nitrogens is 2. The van der Waals surface area contributed by atoms with Crippen molar-refractivity contribution in [1.29, 1.82) is 0 Å². The molecule has 0 amide bonds. The van der Waals surface area contributed by atoms with Crippen molar-refractivity contribution in [3.63, 3.8) is 0 Å². The average molecular weight is 381 g/mol.